The fourth-order valence-electron chi connectivity index (χ4n) is 2.23. The minimum atomic E-state index is -0.450. The number of nitrogens with zero attached hydrogens (tertiary/aromatic N) is 3. The fraction of sp³-hybridized carbons (Fsp3) is 0.0588. The minimum Gasteiger partial charge on any atom is -0.507 e. The summed E-state index contributed by atoms with van der Waals surface area (Å²) in [6, 6.07) is 14.6. The zero-order chi connectivity index (χ0) is 17.1. The van der Waals surface area contributed by atoms with Crippen LogP contribution in [0.15, 0.2) is 54.6 Å². The predicted octanol–water partition coefficient (Wildman–Crippen LogP) is 3.81. The number of phenolic OH excluding ortho intramolecular Hbond substituents is 1. The number of nitrogens with one attached hydrogen (secondary N) is 1. The normalized spacial score (nSPS) is 10.4. The average molecular weight is 322 g/mol. The molecule has 7 heteroatoms. The van der Waals surface area contributed by atoms with Gasteiger partial charge in [-0.3, -0.25) is 10.1 Å². The van der Waals surface area contributed by atoms with Crippen LogP contribution >= 0.6 is 0 Å². The Bertz CT molecular complexity index is 895. The van der Waals surface area contributed by atoms with Crippen LogP contribution in [-0.4, -0.2) is 20.0 Å². The van der Waals surface area contributed by atoms with Gasteiger partial charge in [-0.2, -0.15) is 0 Å². The second-order valence-corrected chi connectivity index (χ2v) is 5.16. The van der Waals surface area contributed by atoms with Gasteiger partial charge in [-0.05, 0) is 31.2 Å². The number of nitro groups is 1. The lowest BCUT2D eigenvalue weighted by Crippen LogP contribution is -1.99. The summed E-state index contributed by atoms with van der Waals surface area (Å²) >= 11 is 0. The van der Waals surface area contributed by atoms with Crippen LogP contribution < -0.4 is 5.32 Å². The molecule has 0 aliphatic carbocycles. The Morgan fingerprint density at radius 2 is 1.79 bits per heavy atom. The van der Waals surface area contributed by atoms with E-state index < -0.39 is 4.92 Å². The van der Waals surface area contributed by atoms with Gasteiger partial charge in [0.2, 0.25) is 0 Å². The summed E-state index contributed by atoms with van der Waals surface area (Å²) in [5, 5.41) is 23.7. The van der Waals surface area contributed by atoms with Gasteiger partial charge >= 0.3 is 0 Å². The lowest BCUT2D eigenvalue weighted by Gasteiger charge is -2.09. The quantitative estimate of drug-likeness (QED) is 0.559. The molecule has 0 amide bonds. The number of anilines is 2. The zero-order valence-corrected chi connectivity index (χ0v) is 12.8. The third-order valence-corrected chi connectivity index (χ3v) is 3.35. The van der Waals surface area contributed by atoms with Crippen molar-refractivity contribution >= 4 is 17.2 Å². The van der Waals surface area contributed by atoms with Crippen molar-refractivity contribution < 1.29 is 10.0 Å². The van der Waals surface area contributed by atoms with Gasteiger partial charge < -0.3 is 10.4 Å². The van der Waals surface area contributed by atoms with Gasteiger partial charge in [-0.15, -0.1) is 0 Å². The average Bonchev–Trinajstić information content (AvgIpc) is 2.55. The van der Waals surface area contributed by atoms with Crippen molar-refractivity contribution in [3.63, 3.8) is 0 Å². The second kappa shape index (κ2) is 6.33. The van der Waals surface area contributed by atoms with Crippen LogP contribution in [-0.2, 0) is 0 Å². The Labute approximate surface area is 137 Å². The maximum absolute atomic E-state index is 10.7. The Morgan fingerprint density at radius 1 is 1.08 bits per heavy atom. The molecule has 3 aromatic rings. The fourth-order valence-corrected chi connectivity index (χ4v) is 2.23. The molecule has 7 nitrogen and oxygen atoms in total. The van der Waals surface area contributed by atoms with E-state index in [9.17, 15) is 15.2 Å². The summed E-state index contributed by atoms with van der Waals surface area (Å²) in [5.41, 5.74) is 1.96. The smallest absolute Gasteiger partial charge is 0.269 e. The van der Waals surface area contributed by atoms with Crippen molar-refractivity contribution in [2.24, 2.45) is 0 Å². The van der Waals surface area contributed by atoms with Crippen LogP contribution in [0.4, 0.5) is 17.2 Å². The Hall–Kier alpha value is -3.48. The highest BCUT2D eigenvalue weighted by Crippen LogP contribution is 2.27. The highest BCUT2D eigenvalue weighted by atomic mass is 16.6. The van der Waals surface area contributed by atoms with Crippen molar-refractivity contribution in [1.82, 2.24) is 9.97 Å². The Balaban J connectivity index is 1.92. The van der Waals surface area contributed by atoms with E-state index in [0.717, 1.165) is 5.69 Å². The number of aromatic hydroxyl groups is 1. The molecular weight excluding hydrogens is 308 g/mol. The van der Waals surface area contributed by atoms with Crippen LogP contribution in [0.5, 0.6) is 5.75 Å². The van der Waals surface area contributed by atoms with E-state index in [-0.39, 0.29) is 11.4 Å². The monoisotopic (exact) mass is 322 g/mol. The molecule has 0 fully saturated rings. The molecule has 0 atom stereocenters. The van der Waals surface area contributed by atoms with E-state index in [4.69, 9.17) is 0 Å². The van der Waals surface area contributed by atoms with Gasteiger partial charge in [0.15, 0.2) is 5.82 Å². The number of non-ortho nitro benzene ring substituents is 1. The van der Waals surface area contributed by atoms with Crippen molar-refractivity contribution in [3.8, 4) is 17.1 Å². The summed E-state index contributed by atoms with van der Waals surface area (Å²) in [5.74, 6) is 1.04. The summed E-state index contributed by atoms with van der Waals surface area (Å²) in [4.78, 5) is 19.0. The first-order valence-corrected chi connectivity index (χ1v) is 7.18. The number of aryl methyl sites for hydroxylation is 1. The molecule has 1 heterocycles. The predicted molar refractivity (Wildman–Crippen MR) is 90.2 cm³/mol. The number of aromatic nitrogens is 2. The molecule has 0 radical (unpaired) electrons. The first kappa shape index (κ1) is 15.4. The summed E-state index contributed by atoms with van der Waals surface area (Å²) in [6.07, 6.45) is 0. The van der Waals surface area contributed by atoms with Crippen LogP contribution in [0.2, 0.25) is 0 Å². The van der Waals surface area contributed by atoms with Crippen LogP contribution in [0, 0.1) is 17.0 Å². The maximum atomic E-state index is 10.7. The van der Waals surface area contributed by atoms with Crippen LogP contribution in [0.1, 0.15) is 5.69 Å². The van der Waals surface area contributed by atoms with Crippen LogP contribution in [0.25, 0.3) is 11.4 Å². The third kappa shape index (κ3) is 3.30. The number of hydrogen-bond acceptors (Lipinski definition) is 6. The minimum absolute atomic E-state index is 0.0225. The molecule has 24 heavy (non-hydrogen) atoms. The van der Waals surface area contributed by atoms with E-state index in [1.807, 2.05) is 6.92 Å². The first-order valence-electron chi connectivity index (χ1n) is 7.18. The molecule has 0 aliphatic rings. The number of para-hydroxylation sites is 1. The molecular formula is C17H14N4O3. The summed E-state index contributed by atoms with van der Waals surface area (Å²) < 4.78 is 0. The summed E-state index contributed by atoms with van der Waals surface area (Å²) in [6.45, 7) is 1.83. The Morgan fingerprint density at radius 3 is 2.46 bits per heavy atom. The molecule has 0 saturated carbocycles. The highest BCUT2D eigenvalue weighted by Gasteiger charge is 2.10. The standard InChI is InChI=1S/C17H14N4O3/c1-11-10-16(19-12-6-8-13(9-7-12)21(23)24)20-17(18-11)14-4-2-3-5-15(14)22/h2-10,22H,1H3,(H,18,19,20). The topological polar surface area (TPSA) is 101 Å². The zero-order valence-electron chi connectivity index (χ0n) is 12.8. The molecule has 0 spiro atoms. The number of hydrogen-bond donors (Lipinski definition) is 2. The lowest BCUT2D eigenvalue weighted by atomic mass is 10.2. The molecule has 0 aliphatic heterocycles. The Kier molecular flexibility index (Phi) is 4.07. The maximum Gasteiger partial charge on any atom is 0.269 e. The SMILES string of the molecule is Cc1cc(Nc2ccc([N+](=O)[O-])cc2)nc(-c2ccccc2O)n1. The molecule has 120 valence electrons. The molecule has 0 unspecified atom stereocenters. The van der Waals surface area contributed by atoms with E-state index >= 15 is 0 Å². The van der Waals surface area contributed by atoms with E-state index in [0.29, 0.717) is 22.9 Å². The summed E-state index contributed by atoms with van der Waals surface area (Å²) in [7, 11) is 0. The third-order valence-electron chi connectivity index (χ3n) is 3.35. The number of benzene rings is 2. The van der Waals surface area contributed by atoms with Crippen molar-refractivity contribution in [3.05, 3.63) is 70.4 Å². The van der Waals surface area contributed by atoms with Gasteiger partial charge in [0.05, 0.1) is 10.5 Å². The van der Waals surface area contributed by atoms with Crippen LogP contribution in [0.3, 0.4) is 0 Å². The molecule has 2 aromatic carbocycles. The van der Waals surface area contributed by atoms with Crippen molar-refractivity contribution in [2.45, 2.75) is 6.92 Å². The highest BCUT2D eigenvalue weighted by molar-refractivity contribution is 5.66. The number of rotatable bonds is 4. The largest absolute Gasteiger partial charge is 0.507 e. The van der Waals surface area contributed by atoms with E-state index in [1.54, 1.807) is 42.5 Å². The first-order chi connectivity index (χ1) is 11.5. The van der Waals surface area contributed by atoms with E-state index in [2.05, 4.69) is 15.3 Å². The van der Waals surface area contributed by atoms with E-state index in [1.165, 1.54) is 12.1 Å². The van der Waals surface area contributed by atoms with Gasteiger partial charge in [-0.1, -0.05) is 12.1 Å². The van der Waals surface area contributed by atoms with Crippen molar-refractivity contribution in [1.29, 1.82) is 0 Å². The molecule has 2 N–H and O–H groups in total. The van der Waals surface area contributed by atoms with Gasteiger partial charge in [-0.25, -0.2) is 9.97 Å². The van der Waals surface area contributed by atoms with Gasteiger partial charge in [0.25, 0.3) is 5.69 Å². The van der Waals surface area contributed by atoms with Crippen molar-refractivity contribution in [2.75, 3.05) is 5.32 Å². The number of phenols is 1. The molecule has 0 saturated heterocycles. The van der Waals surface area contributed by atoms with Gasteiger partial charge in [0.1, 0.15) is 11.6 Å². The molecule has 0 bridgehead atoms. The number of nitro benzene ring substituents is 1. The lowest BCUT2D eigenvalue weighted by molar-refractivity contribution is -0.384. The second-order valence-electron chi connectivity index (χ2n) is 5.16. The molecule has 1 aromatic heterocycles. The van der Waals surface area contributed by atoms with Gasteiger partial charge in [0, 0.05) is 29.6 Å². The molecule has 3 rings (SSSR count).